The first-order chi connectivity index (χ1) is 9.15. The van der Waals surface area contributed by atoms with Crippen LogP contribution in [0.15, 0.2) is 0 Å². The maximum Gasteiger partial charge on any atom is 0.232 e. The molecule has 5 nitrogen and oxygen atoms in total. The molecule has 0 radical (unpaired) electrons. The van der Waals surface area contributed by atoms with Crippen molar-refractivity contribution < 1.29 is 14.4 Å². The van der Waals surface area contributed by atoms with Crippen molar-refractivity contribution in [1.29, 1.82) is 0 Å². The van der Waals surface area contributed by atoms with Crippen molar-refractivity contribution in [3.63, 3.8) is 0 Å². The standard InChI is InChI=1S/C15H24N2O3/c1-5-6-16-10(18)13(2)7-14(3)9-15(4,8-13)12(20)17-11(14)19/h5-9H2,1-4H3,(H,16,18)(H,17,19,20). The number of carbonyl (C=O) groups is 3. The second kappa shape index (κ2) is 4.57. The molecular weight excluding hydrogens is 256 g/mol. The summed E-state index contributed by atoms with van der Waals surface area (Å²) in [5, 5.41) is 5.39. The van der Waals surface area contributed by atoms with Gasteiger partial charge in [-0.25, -0.2) is 0 Å². The van der Waals surface area contributed by atoms with Gasteiger partial charge < -0.3 is 5.32 Å². The van der Waals surface area contributed by atoms with Gasteiger partial charge in [0.05, 0.1) is 0 Å². The number of amides is 3. The van der Waals surface area contributed by atoms with E-state index in [0.29, 0.717) is 25.8 Å². The van der Waals surface area contributed by atoms with Crippen molar-refractivity contribution in [1.82, 2.24) is 10.6 Å². The van der Waals surface area contributed by atoms with Crippen LogP contribution in [0.3, 0.4) is 0 Å². The lowest BCUT2D eigenvalue weighted by molar-refractivity contribution is -0.164. The van der Waals surface area contributed by atoms with Crippen LogP contribution in [0, 0.1) is 16.2 Å². The molecule has 2 bridgehead atoms. The molecule has 5 heteroatoms. The number of hydrogen-bond acceptors (Lipinski definition) is 3. The molecule has 0 aromatic heterocycles. The van der Waals surface area contributed by atoms with E-state index in [2.05, 4.69) is 10.6 Å². The summed E-state index contributed by atoms with van der Waals surface area (Å²) in [5.41, 5.74) is -1.94. The van der Waals surface area contributed by atoms with E-state index in [1.54, 1.807) is 0 Å². The molecule has 3 amide bonds. The molecule has 112 valence electrons. The fraction of sp³-hybridized carbons (Fsp3) is 0.800. The minimum absolute atomic E-state index is 0.0426. The Morgan fingerprint density at radius 1 is 1.10 bits per heavy atom. The zero-order chi connectivity index (χ0) is 15.2. The molecule has 1 heterocycles. The highest BCUT2D eigenvalue weighted by atomic mass is 16.2. The summed E-state index contributed by atoms with van der Waals surface area (Å²) in [6.07, 6.45) is 2.38. The Labute approximate surface area is 119 Å². The molecule has 2 N–H and O–H groups in total. The molecule has 2 unspecified atom stereocenters. The zero-order valence-electron chi connectivity index (χ0n) is 12.8. The van der Waals surface area contributed by atoms with Crippen molar-refractivity contribution in [2.45, 2.75) is 53.4 Å². The average Bonchev–Trinajstić information content (AvgIpc) is 2.32. The third kappa shape index (κ3) is 2.23. The summed E-state index contributed by atoms with van der Waals surface area (Å²) < 4.78 is 0. The van der Waals surface area contributed by atoms with E-state index < -0.39 is 16.2 Å². The molecule has 1 aliphatic heterocycles. The number of fused-ring (bicyclic) bond motifs is 2. The molecule has 2 fully saturated rings. The van der Waals surface area contributed by atoms with E-state index in [9.17, 15) is 14.4 Å². The Bertz CT molecular complexity index is 446. The number of carbonyl (C=O) groups excluding carboxylic acids is 3. The molecule has 1 saturated carbocycles. The Hall–Kier alpha value is -1.39. The minimum atomic E-state index is -0.662. The van der Waals surface area contributed by atoms with Gasteiger partial charge in [0.2, 0.25) is 17.7 Å². The molecule has 1 aliphatic carbocycles. The zero-order valence-corrected chi connectivity index (χ0v) is 12.8. The summed E-state index contributed by atoms with van der Waals surface area (Å²) in [6, 6.07) is 0. The average molecular weight is 280 g/mol. The predicted molar refractivity (Wildman–Crippen MR) is 74.6 cm³/mol. The summed E-state index contributed by atoms with van der Waals surface area (Å²) in [4.78, 5) is 36.7. The van der Waals surface area contributed by atoms with Crippen molar-refractivity contribution in [3.05, 3.63) is 0 Å². The van der Waals surface area contributed by atoms with E-state index >= 15 is 0 Å². The lowest BCUT2D eigenvalue weighted by Crippen LogP contribution is -2.63. The van der Waals surface area contributed by atoms with Gasteiger partial charge in [-0.3, -0.25) is 19.7 Å². The van der Waals surface area contributed by atoms with Crippen molar-refractivity contribution in [2.24, 2.45) is 16.2 Å². The smallest absolute Gasteiger partial charge is 0.232 e. The van der Waals surface area contributed by atoms with Gasteiger partial charge in [0.1, 0.15) is 0 Å². The van der Waals surface area contributed by atoms with Crippen LogP contribution in [0.2, 0.25) is 0 Å². The van der Waals surface area contributed by atoms with E-state index in [1.807, 2.05) is 27.7 Å². The molecule has 2 atom stereocenters. The minimum Gasteiger partial charge on any atom is -0.356 e. The number of piperidine rings is 1. The van der Waals surface area contributed by atoms with Crippen LogP contribution in [0.1, 0.15) is 53.4 Å². The third-order valence-electron chi connectivity index (χ3n) is 4.75. The summed E-state index contributed by atoms with van der Waals surface area (Å²) in [7, 11) is 0. The van der Waals surface area contributed by atoms with Gasteiger partial charge in [0.15, 0.2) is 0 Å². The van der Waals surface area contributed by atoms with Crippen molar-refractivity contribution in [2.75, 3.05) is 6.54 Å². The Morgan fingerprint density at radius 3 is 2.05 bits per heavy atom. The molecule has 0 aromatic carbocycles. The highest BCUT2D eigenvalue weighted by Crippen LogP contribution is 2.56. The molecular formula is C15H24N2O3. The first-order valence-corrected chi connectivity index (χ1v) is 7.29. The van der Waals surface area contributed by atoms with Gasteiger partial charge in [-0.15, -0.1) is 0 Å². The maximum absolute atomic E-state index is 12.5. The van der Waals surface area contributed by atoms with Gasteiger partial charge in [-0.2, -0.15) is 0 Å². The monoisotopic (exact) mass is 280 g/mol. The Morgan fingerprint density at radius 2 is 1.60 bits per heavy atom. The van der Waals surface area contributed by atoms with Crippen LogP contribution >= 0.6 is 0 Å². The maximum atomic E-state index is 12.5. The Kier molecular flexibility index (Phi) is 3.43. The summed E-state index contributed by atoms with van der Waals surface area (Å²) in [6.45, 7) is 8.22. The predicted octanol–water partition coefficient (Wildman–Crippen LogP) is 1.37. The molecule has 2 aliphatic rings. The first kappa shape index (κ1) is 15.0. The topological polar surface area (TPSA) is 75.3 Å². The van der Waals surface area contributed by atoms with Gasteiger partial charge in [0, 0.05) is 22.8 Å². The van der Waals surface area contributed by atoms with Gasteiger partial charge in [-0.1, -0.05) is 27.7 Å². The lowest BCUT2D eigenvalue weighted by Gasteiger charge is -2.53. The summed E-state index contributed by atoms with van der Waals surface area (Å²) in [5.74, 6) is -0.526. The SMILES string of the molecule is CCCNC(=O)C1(C)CC2(C)CC(C)(C1)C(=O)NC2=O. The highest BCUT2D eigenvalue weighted by Gasteiger charge is 2.60. The van der Waals surface area contributed by atoms with Crippen molar-refractivity contribution in [3.8, 4) is 0 Å². The lowest BCUT2D eigenvalue weighted by atomic mass is 9.52. The first-order valence-electron chi connectivity index (χ1n) is 7.29. The van der Waals surface area contributed by atoms with E-state index in [0.717, 1.165) is 6.42 Å². The van der Waals surface area contributed by atoms with E-state index in [-0.39, 0.29) is 17.7 Å². The van der Waals surface area contributed by atoms with Gasteiger partial charge in [-0.05, 0) is 25.7 Å². The van der Waals surface area contributed by atoms with Gasteiger partial charge >= 0.3 is 0 Å². The normalized spacial score (nSPS) is 40.2. The Balaban J connectivity index is 2.32. The molecule has 0 spiro atoms. The third-order valence-corrected chi connectivity index (χ3v) is 4.75. The second-order valence-corrected chi connectivity index (χ2v) is 7.25. The van der Waals surface area contributed by atoms with Crippen LogP contribution in [0.5, 0.6) is 0 Å². The largest absolute Gasteiger partial charge is 0.356 e. The molecule has 1 saturated heterocycles. The molecule has 20 heavy (non-hydrogen) atoms. The number of imide groups is 1. The van der Waals surface area contributed by atoms with Gasteiger partial charge in [0.25, 0.3) is 0 Å². The fourth-order valence-corrected chi connectivity index (χ4v) is 4.11. The molecule has 2 rings (SSSR count). The van der Waals surface area contributed by atoms with E-state index in [4.69, 9.17) is 0 Å². The van der Waals surface area contributed by atoms with E-state index in [1.165, 1.54) is 0 Å². The van der Waals surface area contributed by atoms with Crippen LogP contribution < -0.4 is 10.6 Å². The summed E-state index contributed by atoms with van der Waals surface area (Å²) >= 11 is 0. The van der Waals surface area contributed by atoms with Crippen LogP contribution in [-0.4, -0.2) is 24.3 Å². The molecule has 0 aromatic rings. The quantitative estimate of drug-likeness (QED) is 0.767. The highest BCUT2D eigenvalue weighted by molar-refractivity contribution is 6.04. The number of hydrogen-bond donors (Lipinski definition) is 2. The second-order valence-electron chi connectivity index (χ2n) is 7.25. The number of nitrogens with one attached hydrogen (secondary N) is 2. The van der Waals surface area contributed by atoms with Crippen LogP contribution in [-0.2, 0) is 14.4 Å². The van der Waals surface area contributed by atoms with Crippen LogP contribution in [0.4, 0.5) is 0 Å². The fourth-order valence-electron chi connectivity index (χ4n) is 4.11. The number of rotatable bonds is 3. The van der Waals surface area contributed by atoms with Crippen LogP contribution in [0.25, 0.3) is 0 Å². The van der Waals surface area contributed by atoms with Crippen molar-refractivity contribution >= 4 is 17.7 Å².